The number of halogens is 2. The predicted octanol–water partition coefficient (Wildman–Crippen LogP) is 6.03. The van der Waals surface area contributed by atoms with Crippen LogP contribution in [0.4, 0.5) is 0 Å². The summed E-state index contributed by atoms with van der Waals surface area (Å²) in [6.07, 6.45) is 1.69. The van der Waals surface area contributed by atoms with Crippen molar-refractivity contribution in [3.05, 3.63) is 105 Å². The summed E-state index contributed by atoms with van der Waals surface area (Å²) in [5.41, 5.74) is 2.84. The molecule has 0 amide bonds. The fraction of sp³-hybridized carbons (Fsp3) is 0.0435. The van der Waals surface area contributed by atoms with E-state index in [9.17, 15) is 4.79 Å². The van der Waals surface area contributed by atoms with E-state index in [4.69, 9.17) is 21.1 Å². The molecule has 4 rings (SSSR count). The molecular weight excluding hydrogens is 454 g/mol. The number of ether oxygens (including phenoxy) is 2. The molecule has 0 spiro atoms. The highest BCUT2D eigenvalue weighted by molar-refractivity contribution is 9.10. The SMILES string of the molecule is O=C1OC(c2ccccc2Br)=N/C1=C\c1ccc(OCc2ccc(Cl)cc2)cc1. The quantitative estimate of drug-likeness (QED) is 0.339. The van der Waals surface area contributed by atoms with Gasteiger partial charge >= 0.3 is 5.97 Å². The number of cyclic esters (lactones) is 1. The zero-order valence-electron chi connectivity index (χ0n) is 15.1. The number of hydrogen-bond donors (Lipinski definition) is 0. The van der Waals surface area contributed by atoms with Gasteiger partial charge in [-0.3, -0.25) is 0 Å². The van der Waals surface area contributed by atoms with Crippen molar-refractivity contribution in [2.24, 2.45) is 4.99 Å². The second kappa shape index (κ2) is 8.64. The van der Waals surface area contributed by atoms with Gasteiger partial charge in [0.05, 0.1) is 5.56 Å². The van der Waals surface area contributed by atoms with Crippen LogP contribution in [0.25, 0.3) is 6.08 Å². The van der Waals surface area contributed by atoms with Crippen LogP contribution in [-0.2, 0) is 16.1 Å². The van der Waals surface area contributed by atoms with Crippen LogP contribution in [-0.4, -0.2) is 11.9 Å². The van der Waals surface area contributed by atoms with E-state index in [-0.39, 0.29) is 11.6 Å². The maximum Gasteiger partial charge on any atom is 0.363 e. The maximum absolute atomic E-state index is 12.2. The van der Waals surface area contributed by atoms with Crippen LogP contribution in [0.15, 0.2) is 88.0 Å². The second-order valence-corrected chi connectivity index (χ2v) is 7.59. The zero-order chi connectivity index (χ0) is 20.2. The molecule has 1 aliphatic rings. The molecule has 0 saturated carbocycles. The molecule has 144 valence electrons. The summed E-state index contributed by atoms with van der Waals surface area (Å²) in [7, 11) is 0. The Hall–Kier alpha value is -2.89. The molecule has 0 saturated heterocycles. The first-order valence-electron chi connectivity index (χ1n) is 8.83. The lowest BCUT2D eigenvalue weighted by Crippen LogP contribution is -2.05. The maximum atomic E-state index is 12.2. The molecule has 6 heteroatoms. The van der Waals surface area contributed by atoms with Crippen molar-refractivity contribution in [1.82, 2.24) is 0 Å². The van der Waals surface area contributed by atoms with E-state index in [0.717, 1.165) is 26.9 Å². The summed E-state index contributed by atoms with van der Waals surface area (Å²) >= 11 is 9.33. The van der Waals surface area contributed by atoms with Crippen molar-refractivity contribution < 1.29 is 14.3 Å². The molecule has 29 heavy (non-hydrogen) atoms. The van der Waals surface area contributed by atoms with E-state index in [1.54, 1.807) is 6.08 Å². The number of aliphatic imine (C=N–C) groups is 1. The van der Waals surface area contributed by atoms with E-state index in [0.29, 0.717) is 11.6 Å². The fourth-order valence-electron chi connectivity index (χ4n) is 2.72. The van der Waals surface area contributed by atoms with Crippen molar-refractivity contribution in [2.45, 2.75) is 6.61 Å². The first-order valence-corrected chi connectivity index (χ1v) is 10.0. The summed E-state index contributed by atoms with van der Waals surface area (Å²) < 4.78 is 11.9. The molecule has 0 bridgehead atoms. The third kappa shape index (κ3) is 4.75. The van der Waals surface area contributed by atoms with Crippen LogP contribution in [0.5, 0.6) is 5.75 Å². The Bertz CT molecular complexity index is 1110. The van der Waals surface area contributed by atoms with Gasteiger partial charge in [-0.2, -0.15) is 0 Å². The molecule has 0 aromatic heterocycles. The number of benzene rings is 3. The van der Waals surface area contributed by atoms with E-state index in [1.165, 1.54) is 0 Å². The van der Waals surface area contributed by atoms with Gasteiger partial charge in [0.15, 0.2) is 5.70 Å². The Morgan fingerprint density at radius 2 is 1.72 bits per heavy atom. The van der Waals surface area contributed by atoms with E-state index in [2.05, 4.69) is 20.9 Å². The van der Waals surface area contributed by atoms with E-state index in [1.807, 2.05) is 72.8 Å². The van der Waals surface area contributed by atoms with E-state index < -0.39 is 5.97 Å². The van der Waals surface area contributed by atoms with Crippen molar-refractivity contribution in [2.75, 3.05) is 0 Å². The van der Waals surface area contributed by atoms with Crippen LogP contribution in [0.3, 0.4) is 0 Å². The number of carbonyl (C=O) groups is 1. The van der Waals surface area contributed by atoms with Crippen molar-refractivity contribution in [3.63, 3.8) is 0 Å². The molecule has 0 radical (unpaired) electrons. The molecule has 1 aliphatic heterocycles. The normalized spacial score (nSPS) is 14.6. The number of carbonyl (C=O) groups excluding carboxylic acids is 1. The molecular formula is C23H15BrClNO3. The lowest BCUT2D eigenvalue weighted by atomic mass is 10.2. The van der Waals surface area contributed by atoms with Gasteiger partial charge in [-0.25, -0.2) is 9.79 Å². The number of hydrogen-bond acceptors (Lipinski definition) is 4. The average molecular weight is 469 g/mol. The summed E-state index contributed by atoms with van der Waals surface area (Å²) in [6, 6.07) is 22.4. The largest absolute Gasteiger partial charge is 0.489 e. The van der Waals surface area contributed by atoms with Crippen molar-refractivity contribution in [3.8, 4) is 5.75 Å². The Kier molecular flexibility index (Phi) is 5.79. The van der Waals surface area contributed by atoms with Crippen LogP contribution in [0, 0.1) is 0 Å². The van der Waals surface area contributed by atoms with Crippen molar-refractivity contribution >= 4 is 45.5 Å². The molecule has 3 aromatic carbocycles. The molecule has 0 unspecified atom stereocenters. The third-order valence-corrected chi connectivity index (χ3v) is 5.17. The number of rotatable bonds is 5. The topological polar surface area (TPSA) is 47.9 Å². The van der Waals surface area contributed by atoms with Gasteiger partial charge in [0.2, 0.25) is 5.90 Å². The molecule has 0 atom stereocenters. The Morgan fingerprint density at radius 1 is 1.00 bits per heavy atom. The van der Waals surface area contributed by atoms with Gasteiger partial charge < -0.3 is 9.47 Å². The minimum Gasteiger partial charge on any atom is -0.489 e. The minimum atomic E-state index is -0.473. The molecule has 3 aromatic rings. The molecule has 0 aliphatic carbocycles. The standard InChI is InChI=1S/C23H15BrClNO3/c24-20-4-2-1-3-19(20)22-26-21(23(27)29-22)13-15-7-11-18(12-8-15)28-14-16-5-9-17(25)10-6-16/h1-13H,14H2/b21-13-. The van der Waals surface area contributed by atoms with E-state index >= 15 is 0 Å². The molecule has 0 N–H and O–H groups in total. The summed E-state index contributed by atoms with van der Waals surface area (Å²) in [5.74, 6) is 0.545. The van der Waals surface area contributed by atoms with Crippen LogP contribution in [0.2, 0.25) is 5.02 Å². The minimum absolute atomic E-state index is 0.255. The average Bonchev–Trinajstić information content (AvgIpc) is 3.09. The summed E-state index contributed by atoms with van der Waals surface area (Å²) in [4.78, 5) is 16.5. The fourth-order valence-corrected chi connectivity index (χ4v) is 3.30. The van der Waals surface area contributed by atoms with Gasteiger partial charge in [-0.05, 0) is 69.5 Å². The Balaban J connectivity index is 1.46. The zero-order valence-corrected chi connectivity index (χ0v) is 17.5. The number of esters is 1. The lowest BCUT2D eigenvalue weighted by Gasteiger charge is -2.06. The monoisotopic (exact) mass is 467 g/mol. The number of nitrogens with zero attached hydrogens (tertiary/aromatic N) is 1. The molecule has 4 nitrogen and oxygen atoms in total. The van der Waals surface area contributed by atoms with Gasteiger partial charge in [0.25, 0.3) is 0 Å². The second-order valence-electron chi connectivity index (χ2n) is 6.30. The lowest BCUT2D eigenvalue weighted by molar-refractivity contribution is -0.129. The van der Waals surface area contributed by atoms with Gasteiger partial charge in [0, 0.05) is 9.50 Å². The van der Waals surface area contributed by atoms with Crippen LogP contribution >= 0.6 is 27.5 Å². The van der Waals surface area contributed by atoms with Gasteiger partial charge in [0.1, 0.15) is 12.4 Å². The highest BCUT2D eigenvalue weighted by atomic mass is 79.9. The van der Waals surface area contributed by atoms with Crippen molar-refractivity contribution in [1.29, 1.82) is 0 Å². The first kappa shape index (κ1) is 19.4. The predicted molar refractivity (Wildman–Crippen MR) is 117 cm³/mol. The van der Waals surface area contributed by atoms with Crippen LogP contribution in [0.1, 0.15) is 16.7 Å². The van der Waals surface area contributed by atoms with Gasteiger partial charge in [-0.15, -0.1) is 0 Å². The van der Waals surface area contributed by atoms with Crippen LogP contribution < -0.4 is 4.74 Å². The summed E-state index contributed by atoms with van der Waals surface area (Å²) in [6.45, 7) is 0.448. The smallest absolute Gasteiger partial charge is 0.363 e. The first-order chi connectivity index (χ1) is 14.1. The highest BCUT2D eigenvalue weighted by Crippen LogP contribution is 2.24. The van der Waals surface area contributed by atoms with Gasteiger partial charge in [-0.1, -0.05) is 48.0 Å². The molecule has 0 fully saturated rings. The third-order valence-electron chi connectivity index (χ3n) is 4.23. The highest BCUT2D eigenvalue weighted by Gasteiger charge is 2.25. The summed E-state index contributed by atoms with van der Waals surface area (Å²) in [5, 5.41) is 0.696. The molecule has 1 heterocycles. The Labute approximate surface area is 181 Å². The Morgan fingerprint density at radius 3 is 2.45 bits per heavy atom.